The Morgan fingerprint density at radius 3 is 2.64 bits per heavy atom. The Hall–Kier alpha value is -2.47. The number of nitrogens with zero attached hydrogens (tertiary/aromatic N) is 4. The smallest absolute Gasteiger partial charge is 0.164 e. The van der Waals surface area contributed by atoms with Gasteiger partial charge in [-0.25, -0.2) is 14.6 Å². The van der Waals surface area contributed by atoms with Crippen LogP contribution in [-0.2, 0) is 0 Å². The molecule has 0 radical (unpaired) electrons. The first-order valence-corrected chi connectivity index (χ1v) is 7.59. The molecule has 6 nitrogen and oxygen atoms in total. The van der Waals surface area contributed by atoms with Crippen molar-refractivity contribution in [2.24, 2.45) is 0 Å². The van der Waals surface area contributed by atoms with Crippen LogP contribution in [0.3, 0.4) is 0 Å². The van der Waals surface area contributed by atoms with E-state index in [4.69, 9.17) is 10.8 Å². The molecule has 0 spiro atoms. The lowest BCUT2D eigenvalue weighted by Crippen LogP contribution is -2.30. The lowest BCUT2D eigenvalue weighted by atomic mass is 10.1. The van der Waals surface area contributed by atoms with Gasteiger partial charge in [0.2, 0.25) is 0 Å². The summed E-state index contributed by atoms with van der Waals surface area (Å²) >= 11 is 0. The van der Waals surface area contributed by atoms with Gasteiger partial charge in [-0.3, -0.25) is 0 Å². The Morgan fingerprint density at radius 1 is 1.09 bits per heavy atom. The summed E-state index contributed by atoms with van der Waals surface area (Å²) in [4.78, 5) is 8.61. The second kappa shape index (κ2) is 5.38. The third kappa shape index (κ3) is 2.12. The van der Waals surface area contributed by atoms with Crippen LogP contribution in [0, 0.1) is 0 Å². The maximum atomic E-state index is 6.12. The summed E-state index contributed by atoms with van der Waals surface area (Å²) in [6.07, 6.45) is 3.62. The maximum Gasteiger partial charge on any atom is 0.164 e. The maximum absolute atomic E-state index is 6.12. The molecule has 2 aromatic heterocycles. The van der Waals surface area contributed by atoms with Gasteiger partial charge >= 0.3 is 0 Å². The van der Waals surface area contributed by atoms with Crippen LogP contribution in [0.4, 0.5) is 5.82 Å². The minimum absolute atomic E-state index is 0.357. The standard InChI is InChI=1S/C16H18N6/c17-15-13-14(11-4-2-1-3-5-11)21-22(16(13)20-10-19-15)12-6-8-18-9-7-12/h1-5,10,12,18H,6-9H2,(H2,17,19,20). The number of nitrogens with two attached hydrogens (primary N) is 1. The number of hydrogen-bond acceptors (Lipinski definition) is 5. The molecule has 1 saturated heterocycles. The minimum Gasteiger partial charge on any atom is -0.383 e. The minimum atomic E-state index is 0.357. The summed E-state index contributed by atoms with van der Waals surface area (Å²) in [6, 6.07) is 10.4. The second-order valence-electron chi connectivity index (χ2n) is 5.60. The average molecular weight is 294 g/mol. The molecule has 3 heterocycles. The van der Waals surface area contributed by atoms with Crippen molar-refractivity contribution in [1.82, 2.24) is 25.1 Å². The molecule has 1 aromatic carbocycles. The number of anilines is 1. The highest BCUT2D eigenvalue weighted by Crippen LogP contribution is 2.33. The lowest BCUT2D eigenvalue weighted by Gasteiger charge is -2.23. The monoisotopic (exact) mass is 294 g/mol. The van der Waals surface area contributed by atoms with Gasteiger partial charge in [0, 0.05) is 5.56 Å². The zero-order valence-electron chi connectivity index (χ0n) is 12.2. The first kappa shape index (κ1) is 13.2. The van der Waals surface area contributed by atoms with Gasteiger partial charge in [-0.15, -0.1) is 0 Å². The van der Waals surface area contributed by atoms with E-state index in [9.17, 15) is 0 Å². The Kier molecular flexibility index (Phi) is 3.23. The van der Waals surface area contributed by atoms with Crippen molar-refractivity contribution in [3.8, 4) is 11.3 Å². The van der Waals surface area contributed by atoms with Crippen LogP contribution in [0.1, 0.15) is 18.9 Å². The summed E-state index contributed by atoms with van der Waals surface area (Å²) in [6.45, 7) is 2.01. The molecular formula is C16H18N6. The Bertz CT molecular complexity index is 789. The van der Waals surface area contributed by atoms with Crippen LogP contribution in [0.2, 0.25) is 0 Å². The van der Waals surface area contributed by atoms with Gasteiger partial charge in [0.05, 0.1) is 11.4 Å². The molecule has 1 fully saturated rings. The van der Waals surface area contributed by atoms with Gasteiger partial charge in [-0.05, 0) is 25.9 Å². The van der Waals surface area contributed by atoms with E-state index < -0.39 is 0 Å². The number of hydrogen-bond donors (Lipinski definition) is 2. The fourth-order valence-electron chi connectivity index (χ4n) is 3.10. The van der Waals surface area contributed by atoms with E-state index in [1.54, 1.807) is 0 Å². The van der Waals surface area contributed by atoms with Crippen molar-refractivity contribution >= 4 is 16.9 Å². The SMILES string of the molecule is Nc1ncnc2c1c(-c1ccccc1)nn2C1CCNCC1. The lowest BCUT2D eigenvalue weighted by molar-refractivity contribution is 0.350. The molecule has 0 amide bonds. The molecule has 0 unspecified atom stereocenters. The van der Waals surface area contributed by atoms with Crippen LogP contribution in [-0.4, -0.2) is 32.8 Å². The highest BCUT2D eigenvalue weighted by Gasteiger charge is 2.23. The van der Waals surface area contributed by atoms with E-state index in [2.05, 4.69) is 15.3 Å². The topological polar surface area (TPSA) is 81.7 Å². The quantitative estimate of drug-likeness (QED) is 0.755. The summed E-state index contributed by atoms with van der Waals surface area (Å²) in [5, 5.41) is 9.09. The highest BCUT2D eigenvalue weighted by molar-refractivity contribution is 5.98. The molecule has 3 N–H and O–H groups in total. The molecule has 1 aliphatic rings. The summed E-state index contributed by atoms with van der Waals surface area (Å²) in [5.74, 6) is 0.490. The number of rotatable bonds is 2. The largest absolute Gasteiger partial charge is 0.383 e. The van der Waals surface area contributed by atoms with Crippen LogP contribution < -0.4 is 11.1 Å². The Balaban J connectivity index is 1.93. The second-order valence-corrected chi connectivity index (χ2v) is 5.60. The highest BCUT2D eigenvalue weighted by atomic mass is 15.3. The van der Waals surface area contributed by atoms with E-state index in [0.717, 1.165) is 48.2 Å². The van der Waals surface area contributed by atoms with E-state index in [-0.39, 0.29) is 0 Å². The van der Waals surface area contributed by atoms with Crippen molar-refractivity contribution in [3.05, 3.63) is 36.7 Å². The van der Waals surface area contributed by atoms with Crippen molar-refractivity contribution in [3.63, 3.8) is 0 Å². The summed E-state index contributed by atoms with van der Waals surface area (Å²) < 4.78 is 2.04. The van der Waals surface area contributed by atoms with Crippen molar-refractivity contribution in [2.45, 2.75) is 18.9 Å². The molecule has 1 aliphatic heterocycles. The summed E-state index contributed by atoms with van der Waals surface area (Å²) in [5.41, 5.74) is 8.86. The van der Waals surface area contributed by atoms with Gasteiger partial charge in [0.15, 0.2) is 5.65 Å². The van der Waals surface area contributed by atoms with Gasteiger partial charge in [-0.1, -0.05) is 30.3 Å². The zero-order chi connectivity index (χ0) is 14.9. The van der Waals surface area contributed by atoms with Crippen molar-refractivity contribution in [2.75, 3.05) is 18.8 Å². The number of benzene rings is 1. The van der Waals surface area contributed by atoms with Gasteiger partial charge in [0.1, 0.15) is 17.8 Å². The number of nitrogens with one attached hydrogen (secondary N) is 1. The van der Waals surface area contributed by atoms with E-state index in [1.807, 2.05) is 35.0 Å². The third-order valence-electron chi connectivity index (χ3n) is 4.22. The molecule has 0 saturated carbocycles. The molecule has 0 atom stereocenters. The summed E-state index contributed by atoms with van der Waals surface area (Å²) in [7, 11) is 0. The molecule has 0 bridgehead atoms. The molecule has 4 rings (SSSR count). The molecule has 22 heavy (non-hydrogen) atoms. The normalized spacial score (nSPS) is 16.2. The number of fused-ring (bicyclic) bond motifs is 1. The zero-order valence-corrected chi connectivity index (χ0v) is 12.2. The predicted molar refractivity (Wildman–Crippen MR) is 86.3 cm³/mol. The van der Waals surface area contributed by atoms with Crippen LogP contribution in [0.25, 0.3) is 22.3 Å². The molecule has 0 aliphatic carbocycles. The molecule has 3 aromatic rings. The number of nitrogen functional groups attached to an aromatic ring is 1. The first-order valence-electron chi connectivity index (χ1n) is 7.59. The van der Waals surface area contributed by atoms with Gasteiger partial charge in [-0.2, -0.15) is 5.10 Å². The van der Waals surface area contributed by atoms with Crippen molar-refractivity contribution < 1.29 is 0 Å². The van der Waals surface area contributed by atoms with E-state index in [0.29, 0.717) is 11.9 Å². The van der Waals surface area contributed by atoms with E-state index in [1.165, 1.54) is 6.33 Å². The molecule has 6 heteroatoms. The van der Waals surface area contributed by atoms with E-state index >= 15 is 0 Å². The van der Waals surface area contributed by atoms with Crippen LogP contribution in [0.5, 0.6) is 0 Å². The molecular weight excluding hydrogens is 276 g/mol. The van der Waals surface area contributed by atoms with Crippen LogP contribution in [0.15, 0.2) is 36.7 Å². The van der Waals surface area contributed by atoms with Crippen LogP contribution >= 0.6 is 0 Å². The Labute approximate surface area is 128 Å². The fourth-order valence-corrected chi connectivity index (χ4v) is 3.10. The number of aromatic nitrogens is 4. The van der Waals surface area contributed by atoms with Gasteiger partial charge < -0.3 is 11.1 Å². The number of piperidine rings is 1. The van der Waals surface area contributed by atoms with Gasteiger partial charge in [0.25, 0.3) is 0 Å². The fraction of sp³-hybridized carbons (Fsp3) is 0.312. The average Bonchev–Trinajstić information content (AvgIpc) is 2.98. The predicted octanol–water partition coefficient (Wildman–Crippen LogP) is 2.00. The third-order valence-corrected chi connectivity index (χ3v) is 4.22. The molecule has 112 valence electrons. The Morgan fingerprint density at radius 2 is 1.86 bits per heavy atom. The van der Waals surface area contributed by atoms with Crippen molar-refractivity contribution in [1.29, 1.82) is 0 Å². The first-order chi connectivity index (χ1) is 10.8.